The van der Waals surface area contributed by atoms with Crippen molar-refractivity contribution in [2.75, 3.05) is 13.7 Å². The van der Waals surface area contributed by atoms with Gasteiger partial charge in [-0.15, -0.1) is 0 Å². The molecular formula is C15H21N5O6. The molecule has 3 aliphatic rings. The number of hydrogen-bond acceptors (Lipinski definition) is 8. The van der Waals surface area contributed by atoms with E-state index in [9.17, 15) is 19.8 Å². The van der Waals surface area contributed by atoms with Gasteiger partial charge in [0.15, 0.2) is 18.1 Å². The number of fused-ring (bicyclic) bond motifs is 1. The van der Waals surface area contributed by atoms with Gasteiger partial charge in [0.25, 0.3) is 11.8 Å². The molecule has 3 rings (SSSR count). The van der Waals surface area contributed by atoms with Crippen molar-refractivity contribution in [1.29, 1.82) is 0 Å². The lowest BCUT2D eigenvalue weighted by Gasteiger charge is -2.28. The normalized spacial score (nSPS) is 35.1. The number of carbonyl (C=O) groups is 2. The second-order valence-electron chi connectivity index (χ2n) is 6.40. The van der Waals surface area contributed by atoms with Gasteiger partial charge in [-0.05, 0) is 0 Å². The van der Waals surface area contributed by atoms with Crippen LogP contribution in [-0.4, -0.2) is 89.4 Å². The molecule has 26 heavy (non-hydrogen) atoms. The molecule has 1 saturated heterocycles. The summed E-state index contributed by atoms with van der Waals surface area (Å²) in [7, 11) is 1.40. The molecule has 0 saturated carbocycles. The minimum absolute atomic E-state index is 0.134. The fourth-order valence-corrected chi connectivity index (χ4v) is 2.89. The first kappa shape index (κ1) is 18.6. The minimum atomic E-state index is -1.10. The lowest BCUT2D eigenvalue weighted by molar-refractivity contribution is -0.120. The van der Waals surface area contributed by atoms with Crippen LogP contribution in [0.1, 0.15) is 13.8 Å². The number of guanidine groups is 1. The summed E-state index contributed by atoms with van der Waals surface area (Å²) >= 11 is 0. The van der Waals surface area contributed by atoms with Crippen molar-refractivity contribution < 1.29 is 29.3 Å². The van der Waals surface area contributed by atoms with Crippen LogP contribution in [0.4, 0.5) is 0 Å². The Morgan fingerprint density at radius 3 is 2.85 bits per heavy atom. The van der Waals surface area contributed by atoms with Crippen LogP contribution in [-0.2, 0) is 19.1 Å². The van der Waals surface area contributed by atoms with Crippen LogP contribution < -0.4 is 5.32 Å². The molecule has 0 spiro atoms. The molecule has 0 aromatic carbocycles. The van der Waals surface area contributed by atoms with Crippen molar-refractivity contribution in [2.45, 2.75) is 44.4 Å². The predicted octanol–water partition coefficient (Wildman–Crippen LogP) is -2.14. The lowest BCUT2D eigenvalue weighted by Crippen LogP contribution is -2.53. The number of ether oxygens (including phenoxy) is 2. The number of rotatable bonds is 4. The minimum Gasteiger partial charge on any atom is -0.394 e. The Morgan fingerprint density at radius 1 is 1.54 bits per heavy atom. The molecule has 1 unspecified atom stereocenters. The number of aliphatic hydroxyl groups excluding tert-OH is 2. The van der Waals surface area contributed by atoms with Gasteiger partial charge in [0, 0.05) is 13.0 Å². The van der Waals surface area contributed by atoms with E-state index >= 15 is 0 Å². The van der Waals surface area contributed by atoms with E-state index in [0.717, 1.165) is 0 Å². The zero-order valence-corrected chi connectivity index (χ0v) is 14.6. The molecule has 1 fully saturated rings. The number of carbonyl (C=O) groups excluding carboxylic acids is 2. The number of aliphatic hydroxyl groups is 2. The Hall–Kier alpha value is -2.21. The number of hydrogen-bond donors (Lipinski definition) is 3. The van der Waals surface area contributed by atoms with Crippen LogP contribution in [0.25, 0.3) is 0 Å². The van der Waals surface area contributed by atoms with E-state index < -0.39 is 42.4 Å². The predicted molar refractivity (Wildman–Crippen MR) is 89.5 cm³/mol. The first-order valence-electron chi connectivity index (χ1n) is 8.18. The molecule has 142 valence electrons. The fourth-order valence-electron chi connectivity index (χ4n) is 2.89. The van der Waals surface area contributed by atoms with E-state index in [1.807, 2.05) is 0 Å². The maximum absolute atomic E-state index is 12.2. The zero-order chi connectivity index (χ0) is 19.0. The third kappa shape index (κ3) is 3.14. The standard InChI is InChI=1S/C15H21N5O6/c1-6(2)12(23)18-15-17-11-8(13(24)19-15)16-5-20(11)14-9(22)10(25-3)7(4-21)26-14/h5-10,14,21-22H,4H2,1-3H3,(H,18,19,23,24)/t7-,8?,9-,10-,14-/m1/s1. The highest BCUT2D eigenvalue weighted by molar-refractivity contribution is 6.24. The molecule has 0 aromatic rings. The molecule has 3 heterocycles. The van der Waals surface area contributed by atoms with Crippen LogP contribution in [0.2, 0.25) is 0 Å². The number of aliphatic imine (C=N–C) groups is 3. The van der Waals surface area contributed by atoms with Crippen LogP contribution in [0, 0.1) is 5.92 Å². The second kappa shape index (κ2) is 7.19. The van der Waals surface area contributed by atoms with Gasteiger partial charge in [0.2, 0.25) is 5.96 Å². The maximum atomic E-state index is 12.2. The van der Waals surface area contributed by atoms with Crippen molar-refractivity contribution in [3.05, 3.63) is 0 Å². The molecule has 2 amide bonds. The Bertz CT molecular complexity index is 690. The van der Waals surface area contributed by atoms with Crippen molar-refractivity contribution in [3.63, 3.8) is 0 Å². The average Bonchev–Trinajstić information content (AvgIpc) is 3.15. The summed E-state index contributed by atoms with van der Waals surface area (Å²) in [4.78, 5) is 37.5. The number of methoxy groups -OCH3 is 1. The molecule has 0 radical (unpaired) electrons. The maximum Gasteiger partial charge on any atom is 0.259 e. The molecule has 0 bridgehead atoms. The van der Waals surface area contributed by atoms with Gasteiger partial charge < -0.3 is 19.7 Å². The van der Waals surface area contributed by atoms with Gasteiger partial charge in [-0.3, -0.25) is 24.8 Å². The average molecular weight is 367 g/mol. The van der Waals surface area contributed by atoms with Crippen molar-refractivity contribution in [3.8, 4) is 0 Å². The van der Waals surface area contributed by atoms with E-state index in [1.54, 1.807) is 13.8 Å². The largest absolute Gasteiger partial charge is 0.394 e. The van der Waals surface area contributed by atoms with E-state index in [0.29, 0.717) is 0 Å². The summed E-state index contributed by atoms with van der Waals surface area (Å²) in [5, 5.41) is 22.3. The van der Waals surface area contributed by atoms with Crippen molar-refractivity contribution in [2.24, 2.45) is 20.9 Å². The molecule has 5 atom stereocenters. The Labute approximate surface area is 149 Å². The van der Waals surface area contributed by atoms with E-state index in [1.165, 1.54) is 18.3 Å². The summed E-state index contributed by atoms with van der Waals surface area (Å²) in [6, 6.07) is -0.923. The summed E-state index contributed by atoms with van der Waals surface area (Å²) in [5.74, 6) is -1.21. The lowest BCUT2D eigenvalue weighted by atomic mass is 10.1. The van der Waals surface area contributed by atoms with Crippen molar-refractivity contribution >= 4 is 29.9 Å². The number of nitrogens with zero attached hydrogens (tertiary/aromatic N) is 4. The zero-order valence-electron chi connectivity index (χ0n) is 14.6. The molecule has 11 nitrogen and oxygen atoms in total. The summed E-state index contributed by atoms with van der Waals surface area (Å²) in [6.07, 6.45) is -2.20. The Morgan fingerprint density at radius 2 is 2.27 bits per heavy atom. The van der Waals surface area contributed by atoms with Gasteiger partial charge in [-0.2, -0.15) is 9.98 Å². The molecule has 3 aliphatic heterocycles. The highest BCUT2D eigenvalue weighted by Gasteiger charge is 2.50. The molecular weight excluding hydrogens is 346 g/mol. The number of amides is 2. The fraction of sp³-hybridized carbons (Fsp3) is 0.667. The Balaban J connectivity index is 1.89. The molecule has 0 aromatic heterocycles. The van der Waals surface area contributed by atoms with E-state index in [-0.39, 0.29) is 24.3 Å². The van der Waals surface area contributed by atoms with Crippen LogP contribution in [0.15, 0.2) is 15.0 Å². The first-order valence-corrected chi connectivity index (χ1v) is 8.18. The molecule has 11 heteroatoms. The summed E-state index contributed by atoms with van der Waals surface area (Å²) in [6.45, 7) is 3.02. The monoisotopic (exact) mass is 367 g/mol. The first-order chi connectivity index (χ1) is 12.4. The molecule has 3 N–H and O–H groups in total. The summed E-state index contributed by atoms with van der Waals surface area (Å²) in [5.41, 5.74) is 0. The van der Waals surface area contributed by atoms with Crippen LogP contribution >= 0.6 is 0 Å². The van der Waals surface area contributed by atoms with E-state index in [4.69, 9.17) is 9.47 Å². The Kier molecular flexibility index (Phi) is 5.14. The van der Waals surface area contributed by atoms with E-state index in [2.05, 4.69) is 20.3 Å². The van der Waals surface area contributed by atoms with Crippen molar-refractivity contribution in [1.82, 2.24) is 10.2 Å². The second-order valence-corrected chi connectivity index (χ2v) is 6.40. The van der Waals surface area contributed by atoms with Gasteiger partial charge in [-0.25, -0.2) is 0 Å². The van der Waals surface area contributed by atoms with Gasteiger partial charge in [0.1, 0.15) is 18.3 Å². The molecule has 0 aliphatic carbocycles. The highest BCUT2D eigenvalue weighted by Crippen LogP contribution is 2.28. The topological polar surface area (TPSA) is 145 Å². The number of nitrogens with one attached hydrogen (secondary N) is 1. The quantitative estimate of drug-likeness (QED) is 0.514. The van der Waals surface area contributed by atoms with Crippen LogP contribution in [0.3, 0.4) is 0 Å². The third-order valence-electron chi connectivity index (χ3n) is 4.30. The van der Waals surface area contributed by atoms with Gasteiger partial charge >= 0.3 is 0 Å². The SMILES string of the molecule is CO[C@H]1[C@@H](O)[C@H](N2C=NC3C(=O)NC(=NC(=O)C(C)C)N=C32)O[C@@H]1CO. The summed E-state index contributed by atoms with van der Waals surface area (Å²) < 4.78 is 10.8. The van der Waals surface area contributed by atoms with Gasteiger partial charge in [-0.1, -0.05) is 13.8 Å². The van der Waals surface area contributed by atoms with Gasteiger partial charge in [0.05, 0.1) is 12.9 Å². The smallest absolute Gasteiger partial charge is 0.259 e. The highest BCUT2D eigenvalue weighted by atomic mass is 16.6. The third-order valence-corrected chi connectivity index (χ3v) is 4.30. The number of amidine groups is 1. The van der Waals surface area contributed by atoms with Crippen LogP contribution in [0.5, 0.6) is 0 Å².